The number of carbonyl (C=O) groups excluding carboxylic acids is 2. The quantitative estimate of drug-likeness (QED) is 0.348. The molecule has 3 aromatic carbocycles. The molecule has 6 nitrogen and oxygen atoms in total. The van der Waals surface area contributed by atoms with Gasteiger partial charge in [0.15, 0.2) is 0 Å². The molecule has 0 spiro atoms. The van der Waals surface area contributed by atoms with Crippen LogP contribution in [0.1, 0.15) is 36.6 Å². The zero-order valence-electron chi connectivity index (χ0n) is 18.2. The average Bonchev–Trinajstić information content (AvgIpc) is 2.83. The summed E-state index contributed by atoms with van der Waals surface area (Å²) in [5.41, 5.74) is 2.60. The number of rotatable bonds is 6. The van der Waals surface area contributed by atoms with E-state index >= 15 is 0 Å². The van der Waals surface area contributed by atoms with Gasteiger partial charge in [-0.25, -0.2) is 9.59 Å². The Morgan fingerprint density at radius 1 is 0.781 bits per heavy atom. The van der Waals surface area contributed by atoms with Gasteiger partial charge in [-0.15, -0.1) is 0 Å². The van der Waals surface area contributed by atoms with E-state index in [0.29, 0.717) is 0 Å². The van der Waals surface area contributed by atoms with Crippen LogP contribution < -0.4 is 0 Å². The third-order valence-corrected chi connectivity index (χ3v) is 4.88. The molecule has 1 atom stereocenters. The first kappa shape index (κ1) is 22.7. The number of benzene rings is 3. The van der Waals surface area contributed by atoms with Crippen LogP contribution in [0.15, 0.2) is 96.0 Å². The number of amides is 2. The lowest BCUT2D eigenvalue weighted by Crippen LogP contribution is -2.38. The highest BCUT2D eigenvalue weighted by Crippen LogP contribution is 2.22. The van der Waals surface area contributed by atoms with Crippen molar-refractivity contribution in [1.29, 1.82) is 0 Å². The highest BCUT2D eigenvalue weighted by Gasteiger charge is 2.26. The predicted molar refractivity (Wildman–Crippen MR) is 123 cm³/mol. The normalized spacial score (nSPS) is 12.0. The summed E-state index contributed by atoms with van der Waals surface area (Å²) >= 11 is 0. The van der Waals surface area contributed by atoms with Gasteiger partial charge in [-0.3, -0.25) is 4.90 Å². The number of hydrogen-bond donors (Lipinski definition) is 0. The van der Waals surface area contributed by atoms with Crippen LogP contribution in [0.4, 0.5) is 9.59 Å². The maximum absolute atomic E-state index is 13.0. The second kappa shape index (κ2) is 11.5. The minimum Gasteiger partial charge on any atom is -0.444 e. The summed E-state index contributed by atoms with van der Waals surface area (Å²) in [6.07, 6.45) is -1.37. The molecule has 0 bridgehead atoms. The highest BCUT2D eigenvalue weighted by molar-refractivity contribution is 5.99. The van der Waals surface area contributed by atoms with E-state index < -0.39 is 18.2 Å². The lowest BCUT2D eigenvalue weighted by atomic mass is 10.1. The zero-order valence-corrected chi connectivity index (χ0v) is 18.2. The molecule has 0 fully saturated rings. The minimum absolute atomic E-state index is 0.100. The molecule has 0 aliphatic rings. The molecular weight excluding hydrogens is 404 g/mol. The van der Waals surface area contributed by atoms with Crippen LogP contribution in [0.2, 0.25) is 0 Å². The molecular formula is C26H26N2O4. The van der Waals surface area contributed by atoms with E-state index in [4.69, 9.17) is 9.47 Å². The van der Waals surface area contributed by atoms with Crippen LogP contribution in [0.5, 0.6) is 0 Å². The summed E-state index contributed by atoms with van der Waals surface area (Å²) in [4.78, 5) is 30.7. The van der Waals surface area contributed by atoms with Gasteiger partial charge in [0.1, 0.15) is 19.0 Å². The first-order chi connectivity index (χ1) is 15.5. The van der Waals surface area contributed by atoms with Gasteiger partial charge in [0.2, 0.25) is 0 Å². The molecule has 0 saturated heterocycles. The van der Waals surface area contributed by atoms with Crippen LogP contribution in [-0.2, 0) is 22.7 Å². The number of hydrogen-bond acceptors (Lipinski definition) is 4. The van der Waals surface area contributed by atoms with Crippen molar-refractivity contribution < 1.29 is 19.1 Å². The second-order valence-electron chi connectivity index (χ2n) is 7.20. The fraction of sp³-hybridized carbons (Fsp3) is 0.192. The van der Waals surface area contributed by atoms with E-state index in [0.717, 1.165) is 16.7 Å². The minimum atomic E-state index is -0.771. The standard InChI is InChI=1S/C26H26N2O4/c1-20(24-16-10-5-11-17-24)28(26(30)32-19-23-14-8-4-9-15-23)21(2)27-25(29)31-18-22-12-6-3-7-13-22/h3-17,20H,18-19H2,1-2H3/b27-21+. The van der Waals surface area contributed by atoms with Gasteiger partial charge < -0.3 is 9.47 Å². The van der Waals surface area contributed by atoms with Crippen molar-refractivity contribution in [2.24, 2.45) is 4.99 Å². The first-order valence-corrected chi connectivity index (χ1v) is 10.4. The summed E-state index contributed by atoms with van der Waals surface area (Å²) in [7, 11) is 0. The Morgan fingerprint density at radius 2 is 1.25 bits per heavy atom. The molecule has 0 N–H and O–H groups in total. The van der Waals surface area contributed by atoms with E-state index in [1.54, 1.807) is 6.92 Å². The number of ether oxygens (including phenoxy) is 2. The summed E-state index contributed by atoms with van der Waals surface area (Å²) in [5.74, 6) is 0.192. The van der Waals surface area contributed by atoms with Crippen molar-refractivity contribution >= 4 is 18.0 Å². The monoisotopic (exact) mass is 430 g/mol. The number of aliphatic imine (C=N–C) groups is 1. The molecule has 2 amide bonds. The third kappa shape index (κ3) is 6.54. The molecule has 0 heterocycles. The van der Waals surface area contributed by atoms with Crippen LogP contribution in [-0.4, -0.2) is 22.9 Å². The van der Waals surface area contributed by atoms with Crippen LogP contribution in [0.3, 0.4) is 0 Å². The summed E-state index contributed by atoms with van der Waals surface area (Å²) < 4.78 is 10.8. The zero-order chi connectivity index (χ0) is 22.8. The molecule has 0 saturated carbocycles. The Hall–Kier alpha value is -3.93. The number of carbonyl (C=O) groups is 2. The van der Waals surface area contributed by atoms with E-state index in [9.17, 15) is 9.59 Å². The molecule has 3 rings (SSSR count). The van der Waals surface area contributed by atoms with Crippen molar-refractivity contribution in [3.8, 4) is 0 Å². The fourth-order valence-electron chi connectivity index (χ4n) is 3.18. The Balaban J connectivity index is 1.74. The van der Waals surface area contributed by atoms with Gasteiger partial charge in [0.05, 0.1) is 6.04 Å². The van der Waals surface area contributed by atoms with Crippen molar-refractivity contribution in [3.05, 3.63) is 108 Å². The van der Waals surface area contributed by atoms with E-state index in [1.165, 1.54) is 4.90 Å². The molecule has 6 heteroatoms. The van der Waals surface area contributed by atoms with Crippen molar-refractivity contribution in [3.63, 3.8) is 0 Å². The number of nitrogens with zero attached hydrogens (tertiary/aromatic N) is 2. The topological polar surface area (TPSA) is 68.2 Å². The maximum Gasteiger partial charge on any atom is 0.435 e. The Labute approximate surface area is 188 Å². The molecule has 0 aromatic heterocycles. The van der Waals surface area contributed by atoms with E-state index in [1.807, 2.05) is 97.9 Å². The molecule has 0 aliphatic carbocycles. The first-order valence-electron chi connectivity index (χ1n) is 10.4. The van der Waals surface area contributed by atoms with Crippen molar-refractivity contribution in [2.75, 3.05) is 0 Å². The predicted octanol–water partition coefficient (Wildman–Crippen LogP) is 6.14. The van der Waals surface area contributed by atoms with Crippen molar-refractivity contribution in [2.45, 2.75) is 33.1 Å². The summed E-state index contributed by atoms with van der Waals surface area (Å²) in [6, 6.07) is 27.8. The average molecular weight is 431 g/mol. The SMILES string of the molecule is C/C(=N\C(=O)OCc1ccccc1)N(C(=O)OCc1ccccc1)C(C)c1ccccc1. The van der Waals surface area contributed by atoms with Crippen molar-refractivity contribution in [1.82, 2.24) is 4.90 Å². The molecule has 32 heavy (non-hydrogen) atoms. The maximum atomic E-state index is 13.0. The largest absolute Gasteiger partial charge is 0.444 e. The second-order valence-corrected chi connectivity index (χ2v) is 7.20. The molecule has 0 radical (unpaired) electrons. The third-order valence-electron chi connectivity index (χ3n) is 4.88. The molecule has 1 unspecified atom stereocenters. The van der Waals surface area contributed by atoms with Crippen LogP contribution >= 0.6 is 0 Å². The fourth-order valence-corrected chi connectivity index (χ4v) is 3.18. The molecule has 0 aliphatic heterocycles. The van der Waals surface area contributed by atoms with Gasteiger partial charge >= 0.3 is 12.2 Å². The van der Waals surface area contributed by atoms with Gasteiger partial charge in [0, 0.05) is 0 Å². The highest BCUT2D eigenvalue weighted by atomic mass is 16.6. The molecule has 3 aromatic rings. The van der Waals surface area contributed by atoms with E-state index in [2.05, 4.69) is 4.99 Å². The van der Waals surface area contributed by atoms with E-state index in [-0.39, 0.29) is 19.0 Å². The number of amidine groups is 1. The Bertz CT molecular complexity index is 1040. The Kier molecular flexibility index (Phi) is 8.15. The van der Waals surface area contributed by atoms with Crippen LogP contribution in [0, 0.1) is 0 Å². The van der Waals surface area contributed by atoms with Gasteiger partial charge in [-0.1, -0.05) is 91.0 Å². The summed E-state index contributed by atoms with van der Waals surface area (Å²) in [5, 5.41) is 0. The lowest BCUT2D eigenvalue weighted by Gasteiger charge is -2.28. The van der Waals surface area contributed by atoms with Crippen LogP contribution in [0.25, 0.3) is 0 Å². The lowest BCUT2D eigenvalue weighted by molar-refractivity contribution is 0.107. The Morgan fingerprint density at radius 3 is 1.78 bits per heavy atom. The van der Waals surface area contributed by atoms with Gasteiger partial charge in [-0.05, 0) is 30.5 Å². The molecule has 164 valence electrons. The smallest absolute Gasteiger partial charge is 0.435 e. The van der Waals surface area contributed by atoms with Gasteiger partial charge in [-0.2, -0.15) is 4.99 Å². The van der Waals surface area contributed by atoms with Gasteiger partial charge in [0.25, 0.3) is 0 Å². The summed E-state index contributed by atoms with van der Waals surface area (Å²) in [6.45, 7) is 3.66.